The molecular formula is C11H13ClN4. The van der Waals surface area contributed by atoms with E-state index < -0.39 is 0 Å². The summed E-state index contributed by atoms with van der Waals surface area (Å²) in [5.41, 5.74) is 7.52. The van der Waals surface area contributed by atoms with Crippen LogP contribution in [0.1, 0.15) is 11.4 Å². The van der Waals surface area contributed by atoms with Crippen LogP contribution in [0.4, 0.5) is 5.95 Å². The molecule has 2 heterocycles. The van der Waals surface area contributed by atoms with E-state index in [1.165, 1.54) is 0 Å². The lowest BCUT2D eigenvalue weighted by Crippen LogP contribution is -1.96. The van der Waals surface area contributed by atoms with Crippen molar-refractivity contribution < 1.29 is 0 Å². The van der Waals surface area contributed by atoms with E-state index in [4.69, 9.17) is 17.3 Å². The van der Waals surface area contributed by atoms with E-state index in [-0.39, 0.29) is 0 Å². The smallest absolute Gasteiger partial charge is 0.201 e. The van der Waals surface area contributed by atoms with Crippen LogP contribution in [0, 0.1) is 0 Å². The van der Waals surface area contributed by atoms with E-state index in [9.17, 15) is 0 Å². The summed E-state index contributed by atoms with van der Waals surface area (Å²) in [6.45, 7) is 0. The number of aryl methyl sites for hydroxylation is 2. The molecule has 0 bridgehead atoms. The van der Waals surface area contributed by atoms with Crippen LogP contribution in [0.25, 0.3) is 0 Å². The third-order valence-electron chi connectivity index (χ3n) is 2.47. The Morgan fingerprint density at radius 3 is 2.75 bits per heavy atom. The second-order valence-corrected chi connectivity index (χ2v) is 3.95. The third kappa shape index (κ3) is 2.17. The second kappa shape index (κ2) is 4.53. The van der Waals surface area contributed by atoms with Gasteiger partial charge in [-0.05, 0) is 25.0 Å². The molecule has 0 radical (unpaired) electrons. The lowest BCUT2D eigenvalue weighted by Gasteiger charge is -1.98. The number of aromatic nitrogens is 3. The van der Waals surface area contributed by atoms with Crippen molar-refractivity contribution in [2.24, 2.45) is 7.05 Å². The van der Waals surface area contributed by atoms with E-state index >= 15 is 0 Å². The van der Waals surface area contributed by atoms with Gasteiger partial charge in [0.15, 0.2) is 0 Å². The van der Waals surface area contributed by atoms with Gasteiger partial charge in [0, 0.05) is 18.9 Å². The third-order valence-corrected chi connectivity index (χ3v) is 2.94. The van der Waals surface area contributed by atoms with Crippen LogP contribution >= 0.6 is 11.6 Å². The minimum atomic E-state index is 0.445. The summed E-state index contributed by atoms with van der Waals surface area (Å²) in [7, 11) is 1.80. The summed E-state index contributed by atoms with van der Waals surface area (Å²) in [5, 5.41) is 0.605. The van der Waals surface area contributed by atoms with Gasteiger partial charge in [-0.25, -0.2) is 4.98 Å². The van der Waals surface area contributed by atoms with Crippen molar-refractivity contribution in [3.05, 3.63) is 40.9 Å². The molecule has 2 aromatic heterocycles. The fourth-order valence-electron chi connectivity index (χ4n) is 1.51. The maximum absolute atomic E-state index is 6.08. The number of nitrogens with zero attached hydrogens (tertiary/aromatic N) is 3. The van der Waals surface area contributed by atoms with E-state index in [1.54, 1.807) is 17.8 Å². The largest absolute Gasteiger partial charge is 0.369 e. The molecule has 2 N–H and O–H groups in total. The zero-order chi connectivity index (χ0) is 11.5. The highest BCUT2D eigenvalue weighted by molar-refractivity contribution is 6.30. The van der Waals surface area contributed by atoms with Crippen LogP contribution in [0.5, 0.6) is 0 Å². The molecule has 0 aliphatic carbocycles. The molecular weight excluding hydrogens is 224 g/mol. The van der Waals surface area contributed by atoms with Crippen LogP contribution in [-0.2, 0) is 19.9 Å². The highest BCUT2D eigenvalue weighted by atomic mass is 35.5. The lowest BCUT2D eigenvalue weighted by atomic mass is 10.2. The number of rotatable bonds is 3. The number of halogens is 1. The number of hydrogen-bond acceptors (Lipinski definition) is 3. The summed E-state index contributed by atoms with van der Waals surface area (Å²) in [6.07, 6.45) is 3.35. The standard InChI is InChI=1S/C11H13ClN4/c1-16-10(12)9(15-11(16)13)6-5-8-4-2-3-7-14-8/h2-4,7H,5-6H2,1H3,(H2,13,15). The zero-order valence-electron chi connectivity index (χ0n) is 9.02. The second-order valence-electron chi connectivity index (χ2n) is 3.59. The summed E-state index contributed by atoms with van der Waals surface area (Å²) in [4.78, 5) is 8.45. The van der Waals surface area contributed by atoms with Crippen molar-refractivity contribution in [2.75, 3.05) is 5.73 Å². The van der Waals surface area contributed by atoms with Crippen molar-refractivity contribution in [3.8, 4) is 0 Å². The van der Waals surface area contributed by atoms with Crippen molar-refractivity contribution in [2.45, 2.75) is 12.8 Å². The van der Waals surface area contributed by atoms with Crippen molar-refractivity contribution in [1.82, 2.24) is 14.5 Å². The van der Waals surface area contributed by atoms with Crippen molar-refractivity contribution >= 4 is 17.5 Å². The molecule has 5 heteroatoms. The predicted octanol–water partition coefficient (Wildman–Crippen LogP) is 1.84. The maximum Gasteiger partial charge on any atom is 0.201 e. The zero-order valence-corrected chi connectivity index (χ0v) is 9.78. The first-order valence-electron chi connectivity index (χ1n) is 5.05. The number of nitrogen functional groups attached to an aromatic ring is 1. The monoisotopic (exact) mass is 236 g/mol. The average molecular weight is 237 g/mol. The molecule has 0 saturated carbocycles. The van der Waals surface area contributed by atoms with Crippen LogP contribution in [0.3, 0.4) is 0 Å². The molecule has 0 saturated heterocycles. The molecule has 0 fully saturated rings. The van der Waals surface area contributed by atoms with Gasteiger partial charge >= 0.3 is 0 Å². The Kier molecular flexibility index (Phi) is 3.10. The lowest BCUT2D eigenvalue weighted by molar-refractivity contribution is 0.883. The Labute approximate surface area is 99.1 Å². The summed E-state index contributed by atoms with van der Waals surface area (Å²) in [5.74, 6) is 0.445. The van der Waals surface area contributed by atoms with E-state index in [2.05, 4.69) is 9.97 Å². The first-order chi connectivity index (χ1) is 7.68. The summed E-state index contributed by atoms with van der Waals surface area (Å²) in [6, 6.07) is 5.85. The predicted molar refractivity (Wildman–Crippen MR) is 64.3 cm³/mol. The van der Waals surface area contributed by atoms with Gasteiger partial charge in [0.1, 0.15) is 5.15 Å². The quantitative estimate of drug-likeness (QED) is 0.885. The van der Waals surface area contributed by atoms with Crippen molar-refractivity contribution in [1.29, 1.82) is 0 Å². The molecule has 0 unspecified atom stereocenters. The van der Waals surface area contributed by atoms with Gasteiger partial charge in [0.25, 0.3) is 0 Å². The van der Waals surface area contributed by atoms with Crippen LogP contribution in [-0.4, -0.2) is 14.5 Å². The fourth-order valence-corrected chi connectivity index (χ4v) is 1.73. The SMILES string of the molecule is Cn1c(N)nc(CCc2ccccn2)c1Cl. The van der Waals surface area contributed by atoms with E-state index in [1.807, 2.05) is 18.2 Å². The minimum Gasteiger partial charge on any atom is -0.369 e. The van der Waals surface area contributed by atoms with Crippen molar-refractivity contribution in [3.63, 3.8) is 0 Å². The molecule has 0 amide bonds. The molecule has 0 atom stereocenters. The first kappa shape index (κ1) is 11.0. The molecule has 0 aliphatic heterocycles. The number of anilines is 1. The number of hydrogen-bond donors (Lipinski definition) is 1. The molecule has 0 aliphatic rings. The minimum absolute atomic E-state index is 0.445. The Hall–Kier alpha value is -1.55. The first-order valence-corrected chi connectivity index (χ1v) is 5.42. The Balaban J connectivity index is 2.08. The average Bonchev–Trinajstić information content (AvgIpc) is 2.56. The van der Waals surface area contributed by atoms with E-state index in [0.29, 0.717) is 11.1 Å². The molecule has 2 aromatic rings. The van der Waals surface area contributed by atoms with Gasteiger partial charge < -0.3 is 10.3 Å². The molecule has 4 nitrogen and oxygen atoms in total. The Morgan fingerprint density at radius 1 is 1.38 bits per heavy atom. The van der Waals surface area contributed by atoms with Gasteiger partial charge in [-0.15, -0.1) is 0 Å². The van der Waals surface area contributed by atoms with Gasteiger partial charge in [-0.1, -0.05) is 17.7 Å². The van der Waals surface area contributed by atoms with Gasteiger partial charge in [0.2, 0.25) is 5.95 Å². The normalized spacial score (nSPS) is 10.6. The number of nitrogens with two attached hydrogens (primary N) is 1. The summed E-state index contributed by atoms with van der Waals surface area (Å²) >= 11 is 6.08. The number of imidazole rings is 1. The molecule has 16 heavy (non-hydrogen) atoms. The molecule has 2 rings (SSSR count). The Morgan fingerprint density at radius 2 is 2.19 bits per heavy atom. The Bertz CT molecular complexity index is 478. The van der Waals surface area contributed by atoms with Gasteiger partial charge in [-0.2, -0.15) is 0 Å². The molecule has 0 spiro atoms. The van der Waals surface area contributed by atoms with E-state index in [0.717, 1.165) is 24.2 Å². The topological polar surface area (TPSA) is 56.7 Å². The molecule has 0 aromatic carbocycles. The number of pyridine rings is 1. The van der Waals surface area contributed by atoms with Gasteiger partial charge in [-0.3, -0.25) is 4.98 Å². The van der Waals surface area contributed by atoms with Crippen LogP contribution in [0.15, 0.2) is 24.4 Å². The fraction of sp³-hybridized carbons (Fsp3) is 0.273. The highest BCUT2D eigenvalue weighted by Gasteiger charge is 2.10. The van der Waals surface area contributed by atoms with Crippen LogP contribution < -0.4 is 5.73 Å². The maximum atomic E-state index is 6.08. The highest BCUT2D eigenvalue weighted by Crippen LogP contribution is 2.19. The summed E-state index contributed by atoms with van der Waals surface area (Å²) < 4.78 is 1.68. The molecule has 84 valence electrons. The van der Waals surface area contributed by atoms with Crippen LogP contribution in [0.2, 0.25) is 5.15 Å². The van der Waals surface area contributed by atoms with Gasteiger partial charge in [0.05, 0.1) is 5.69 Å².